The van der Waals surface area contributed by atoms with Crippen molar-refractivity contribution in [3.8, 4) is 0 Å². The maximum absolute atomic E-state index is 5.75. The normalized spacial score (nSPS) is 35.0. The van der Waals surface area contributed by atoms with Gasteiger partial charge in [0, 0.05) is 16.7 Å². The first kappa shape index (κ1) is 11.0. The highest BCUT2D eigenvalue weighted by Crippen LogP contribution is 2.27. The number of rotatable bonds is 2. The Bertz CT molecular complexity index is 138. The Morgan fingerprint density at radius 1 is 1.42 bits per heavy atom. The van der Waals surface area contributed by atoms with Crippen molar-refractivity contribution >= 4 is 34.2 Å². The lowest BCUT2D eigenvalue weighted by molar-refractivity contribution is -0.290. The second kappa shape index (κ2) is 4.44. The molecule has 0 amide bonds. The summed E-state index contributed by atoms with van der Waals surface area (Å²) in [5, 5.41) is 0. The van der Waals surface area contributed by atoms with Crippen molar-refractivity contribution in [3.63, 3.8) is 0 Å². The number of hydrogen-bond donors (Lipinski definition) is 0. The highest BCUT2D eigenvalue weighted by molar-refractivity contribution is 14.1. The summed E-state index contributed by atoms with van der Waals surface area (Å²) in [6, 6.07) is 0. The van der Waals surface area contributed by atoms with E-state index >= 15 is 0 Å². The minimum atomic E-state index is -0.465. The molecule has 0 aromatic rings. The molecule has 0 bridgehead atoms. The van der Waals surface area contributed by atoms with Gasteiger partial charge in [0.15, 0.2) is 5.79 Å². The van der Waals surface area contributed by atoms with Crippen molar-refractivity contribution < 1.29 is 9.47 Å². The van der Waals surface area contributed by atoms with E-state index in [1.807, 2.05) is 13.8 Å². The highest BCUT2D eigenvalue weighted by Gasteiger charge is 2.34. The standard InChI is InChI=1S/C8H14ClIO2/c1-8(2)11-6(4-9)3-7(5-10)12-8/h6-7H,3-5H2,1-2H3/t6-,7+/m0/s1. The van der Waals surface area contributed by atoms with Gasteiger partial charge in [0.25, 0.3) is 0 Å². The van der Waals surface area contributed by atoms with Crippen LogP contribution in [-0.2, 0) is 9.47 Å². The quantitative estimate of drug-likeness (QED) is 0.577. The van der Waals surface area contributed by atoms with E-state index in [2.05, 4.69) is 22.6 Å². The van der Waals surface area contributed by atoms with Crippen LogP contribution in [0.15, 0.2) is 0 Å². The van der Waals surface area contributed by atoms with Crippen molar-refractivity contribution in [2.24, 2.45) is 0 Å². The molecule has 1 aliphatic heterocycles. The first-order chi connectivity index (χ1) is 5.57. The van der Waals surface area contributed by atoms with Crippen molar-refractivity contribution in [3.05, 3.63) is 0 Å². The molecule has 0 aromatic carbocycles. The third kappa shape index (κ3) is 3.01. The van der Waals surface area contributed by atoms with Crippen LogP contribution in [0.25, 0.3) is 0 Å². The maximum atomic E-state index is 5.75. The molecule has 72 valence electrons. The molecule has 2 nitrogen and oxygen atoms in total. The SMILES string of the molecule is CC1(C)O[C@H](CCl)C[C@H](CI)O1. The molecule has 0 spiro atoms. The summed E-state index contributed by atoms with van der Waals surface area (Å²) in [4.78, 5) is 0. The van der Waals surface area contributed by atoms with Gasteiger partial charge in [0.05, 0.1) is 12.2 Å². The molecule has 1 saturated heterocycles. The Labute approximate surface area is 92.1 Å². The van der Waals surface area contributed by atoms with E-state index in [1.54, 1.807) is 0 Å². The Morgan fingerprint density at radius 3 is 2.50 bits per heavy atom. The molecule has 0 N–H and O–H groups in total. The van der Waals surface area contributed by atoms with Crippen LogP contribution in [-0.4, -0.2) is 28.3 Å². The summed E-state index contributed by atoms with van der Waals surface area (Å²) in [6.45, 7) is 3.87. The summed E-state index contributed by atoms with van der Waals surface area (Å²) in [7, 11) is 0. The first-order valence-corrected chi connectivity index (χ1v) is 6.11. The van der Waals surface area contributed by atoms with Crippen molar-refractivity contribution in [2.75, 3.05) is 10.3 Å². The van der Waals surface area contributed by atoms with Gasteiger partial charge in [-0.05, 0) is 13.8 Å². The second-order valence-corrected chi connectivity index (χ2v) is 4.61. The molecular weight excluding hydrogens is 290 g/mol. The van der Waals surface area contributed by atoms with Crippen LogP contribution < -0.4 is 0 Å². The van der Waals surface area contributed by atoms with Gasteiger partial charge < -0.3 is 9.47 Å². The molecule has 1 aliphatic rings. The van der Waals surface area contributed by atoms with Gasteiger partial charge in [0.1, 0.15) is 0 Å². The Kier molecular flexibility index (Phi) is 4.08. The Balaban J connectivity index is 2.53. The fourth-order valence-electron chi connectivity index (χ4n) is 1.41. The topological polar surface area (TPSA) is 18.5 Å². The molecular formula is C8H14ClIO2. The third-order valence-corrected chi connectivity index (χ3v) is 3.10. The molecule has 2 atom stereocenters. The van der Waals surface area contributed by atoms with Crippen molar-refractivity contribution in [1.29, 1.82) is 0 Å². The molecule has 1 heterocycles. The molecule has 0 saturated carbocycles. The van der Waals surface area contributed by atoms with Crippen LogP contribution in [0, 0.1) is 0 Å². The average molecular weight is 305 g/mol. The summed E-state index contributed by atoms with van der Waals surface area (Å²) >= 11 is 8.07. The lowest BCUT2D eigenvalue weighted by Crippen LogP contribution is -2.45. The van der Waals surface area contributed by atoms with E-state index in [9.17, 15) is 0 Å². The van der Waals surface area contributed by atoms with Gasteiger partial charge in [-0.2, -0.15) is 0 Å². The molecule has 0 aromatic heterocycles. The van der Waals surface area contributed by atoms with E-state index in [-0.39, 0.29) is 12.2 Å². The fourth-order valence-corrected chi connectivity index (χ4v) is 2.14. The monoisotopic (exact) mass is 304 g/mol. The van der Waals surface area contributed by atoms with Crippen LogP contribution in [0.5, 0.6) is 0 Å². The van der Waals surface area contributed by atoms with Gasteiger partial charge in [-0.25, -0.2) is 0 Å². The summed E-state index contributed by atoms with van der Waals surface area (Å²) in [5.74, 6) is 0.0908. The Hall–Kier alpha value is 0.940. The lowest BCUT2D eigenvalue weighted by atomic mass is 10.1. The molecule has 0 radical (unpaired) electrons. The average Bonchev–Trinajstić information content (AvgIpc) is 2.01. The minimum Gasteiger partial charge on any atom is -0.346 e. The second-order valence-electron chi connectivity index (χ2n) is 3.42. The summed E-state index contributed by atoms with van der Waals surface area (Å²) in [6.07, 6.45) is 1.35. The maximum Gasteiger partial charge on any atom is 0.163 e. The molecule has 0 unspecified atom stereocenters. The van der Waals surface area contributed by atoms with Crippen LogP contribution in [0.1, 0.15) is 20.3 Å². The molecule has 1 fully saturated rings. The van der Waals surface area contributed by atoms with Crippen LogP contribution in [0.4, 0.5) is 0 Å². The highest BCUT2D eigenvalue weighted by atomic mass is 127. The van der Waals surface area contributed by atoms with Gasteiger partial charge in [-0.3, -0.25) is 0 Å². The number of hydrogen-bond acceptors (Lipinski definition) is 2. The zero-order chi connectivity index (χ0) is 9.19. The van der Waals surface area contributed by atoms with E-state index in [0.29, 0.717) is 5.88 Å². The molecule has 12 heavy (non-hydrogen) atoms. The van der Waals surface area contributed by atoms with Gasteiger partial charge in [-0.15, -0.1) is 11.6 Å². The summed E-state index contributed by atoms with van der Waals surface area (Å²) in [5.41, 5.74) is 0. The lowest BCUT2D eigenvalue weighted by Gasteiger charge is -2.39. The zero-order valence-electron chi connectivity index (χ0n) is 7.35. The van der Waals surface area contributed by atoms with E-state index < -0.39 is 5.79 Å². The first-order valence-electron chi connectivity index (χ1n) is 4.05. The number of halogens is 2. The van der Waals surface area contributed by atoms with Crippen molar-refractivity contribution in [1.82, 2.24) is 0 Å². The van der Waals surface area contributed by atoms with Crippen LogP contribution >= 0.6 is 34.2 Å². The van der Waals surface area contributed by atoms with Gasteiger partial charge in [0.2, 0.25) is 0 Å². The smallest absolute Gasteiger partial charge is 0.163 e. The van der Waals surface area contributed by atoms with Crippen LogP contribution in [0.3, 0.4) is 0 Å². The molecule has 0 aliphatic carbocycles. The van der Waals surface area contributed by atoms with E-state index in [4.69, 9.17) is 21.1 Å². The molecule has 4 heteroatoms. The number of alkyl halides is 2. The predicted octanol–water partition coefficient (Wildman–Crippen LogP) is 2.57. The third-order valence-electron chi connectivity index (χ3n) is 1.77. The summed E-state index contributed by atoms with van der Waals surface area (Å²) < 4.78 is 12.3. The van der Waals surface area contributed by atoms with Gasteiger partial charge in [-0.1, -0.05) is 22.6 Å². The zero-order valence-corrected chi connectivity index (χ0v) is 10.3. The van der Waals surface area contributed by atoms with Gasteiger partial charge >= 0.3 is 0 Å². The fraction of sp³-hybridized carbons (Fsp3) is 1.00. The largest absolute Gasteiger partial charge is 0.346 e. The Morgan fingerprint density at radius 2 is 2.00 bits per heavy atom. The van der Waals surface area contributed by atoms with Crippen LogP contribution in [0.2, 0.25) is 0 Å². The molecule has 1 rings (SSSR count). The minimum absolute atomic E-state index is 0.148. The van der Waals surface area contributed by atoms with E-state index in [1.165, 1.54) is 0 Å². The predicted molar refractivity (Wildman–Crippen MR) is 58.0 cm³/mol. The van der Waals surface area contributed by atoms with Crippen molar-refractivity contribution in [2.45, 2.75) is 38.3 Å². The number of ether oxygens (including phenoxy) is 2. The van der Waals surface area contributed by atoms with E-state index in [0.717, 1.165) is 10.8 Å².